The maximum absolute atomic E-state index is 3.74. The van der Waals surface area contributed by atoms with E-state index in [-0.39, 0.29) is 0 Å². The Labute approximate surface area is 77.1 Å². The fraction of sp³-hybridized carbons (Fsp3) is 1.00. The Kier molecular flexibility index (Phi) is 2.52. The summed E-state index contributed by atoms with van der Waals surface area (Å²) in [5.74, 6) is 2.11. The van der Waals surface area contributed by atoms with Gasteiger partial charge in [-0.2, -0.15) is 0 Å². The average molecular weight is 219 g/mol. The molecule has 3 atom stereocenters. The first kappa shape index (κ1) is 8.06. The summed E-state index contributed by atoms with van der Waals surface area (Å²) in [6.07, 6.45) is 5.79. The Bertz CT molecular complexity index is 138. The number of nitrogens with two attached hydrogens (primary N) is 1. The highest BCUT2D eigenvalue weighted by atomic mass is 79.9. The van der Waals surface area contributed by atoms with Crippen molar-refractivity contribution in [2.24, 2.45) is 11.8 Å². The molecule has 0 amide bonds. The maximum atomic E-state index is 3.74. The first-order valence-electron chi connectivity index (χ1n) is 4.82. The molecule has 1 saturated heterocycles. The minimum atomic E-state index is 0.835. The van der Waals surface area contributed by atoms with E-state index in [9.17, 15) is 0 Å². The van der Waals surface area contributed by atoms with Crippen LogP contribution in [-0.4, -0.2) is 17.9 Å². The SMILES string of the molecule is Br[C@H]1CC[C@@H]2C[NH2+]CC[C@@H]2C1. The van der Waals surface area contributed by atoms with Crippen molar-refractivity contribution in [3.05, 3.63) is 0 Å². The summed E-state index contributed by atoms with van der Waals surface area (Å²) in [6, 6.07) is 0. The molecule has 1 aliphatic carbocycles. The van der Waals surface area contributed by atoms with Gasteiger partial charge in [-0.05, 0) is 31.6 Å². The lowest BCUT2D eigenvalue weighted by Gasteiger charge is -2.35. The number of alkyl halides is 1. The van der Waals surface area contributed by atoms with E-state index in [1.807, 2.05) is 0 Å². The standard InChI is InChI=1S/C9H16BrN/c10-9-2-1-8-6-11-4-3-7(8)5-9/h7-9,11H,1-6H2/p+1/t7-,8-,9+/m1/s1. The predicted octanol–water partition coefficient (Wildman–Crippen LogP) is 1.13. The van der Waals surface area contributed by atoms with Crippen molar-refractivity contribution in [2.75, 3.05) is 13.1 Å². The highest BCUT2D eigenvalue weighted by Gasteiger charge is 2.32. The number of rotatable bonds is 0. The highest BCUT2D eigenvalue weighted by Crippen LogP contribution is 2.35. The van der Waals surface area contributed by atoms with Crippen LogP contribution in [0.2, 0.25) is 0 Å². The maximum Gasteiger partial charge on any atom is 0.0786 e. The fourth-order valence-electron chi connectivity index (χ4n) is 2.60. The number of piperidine rings is 1. The second-order valence-electron chi connectivity index (χ2n) is 4.03. The summed E-state index contributed by atoms with van der Waals surface area (Å²) >= 11 is 3.74. The van der Waals surface area contributed by atoms with Gasteiger partial charge in [-0.1, -0.05) is 15.9 Å². The Morgan fingerprint density at radius 2 is 2.00 bits per heavy atom. The molecule has 2 rings (SSSR count). The van der Waals surface area contributed by atoms with Crippen molar-refractivity contribution < 1.29 is 5.32 Å². The number of halogens is 1. The third kappa shape index (κ3) is 1.78. The highest BCUT2D eigenvalue weighted by molar-refractivity contribution is 9.09. The largest absolute Gasteiger partial charge is 0.346 e. The molecule has 0 aromatic carbocycles. The van der Waals surface area contributed by atoms with Gasteiger partial charge in [-0.15, -0.1) is 0 Å². The van der Waals surface area contributed by atoms with Crippen molar-refractivity contribution >= 4 is 15.9 Å². The molecule has 1 saturated carbocycles. The molecule has 2 heteroatoms. The quantitative estimate of drug-likeness (QED) is 0.588. The normalized spacial score (nSPS) is 45.0. The lowest BCUT2D eigenvalue weighted by atomic mass is 9.76. The third-order valence-corrected chi connectivity index (χ3v) is 4.12. The molecule has 2 aliphatic rings. The van der Waals surface area contributed by atoms with Gasteiger partial charge in [-0.25, -0.2) is 0 Å². The van der Waals surface area contributed by atoms with Crippen LogP contribution < -0.4 is 5.32 Å². The third-order valence-electron chi connectivity index (χ3n) is 3.29. The van der Waals surface area contributed by atoms with Gasteiger partial charge in [0.05, 0.1) is 13.1 Å². The number of hydrogen-bond acceptors (Lipinski definition) is 0. The molecular weight excluding hydrogens is 202 g/mol. The summed E-state index contributed by atoms with van der Waals surface area (Å²) in [7, 11) is 0. The van der Waals surface area contributed by atoms with E-state index < -0.39 is 0 Å². The summed E-state index contributed by atoms with van der Waals surface area (Å²) < 4.78 is 0. The second-order valence-corrected chi connectivity index (χ2v) is 5.33. The monoisotopic (exact) mass is 218 g/mol. The van der Waals surface area contributed by atoms with Crippen molar-refractivity contribution in [3.63, 3.8) is 0 Å². The van der Waals surface area contributed by atoms with Gasteiger partial charge in [0.1, 0.15) is 0 Å². The Hall–Kier alpha value is 0.440. The zero-order valence-corrected chi connectivity index (χ0v) is 8.52. The van der Waals surface area contributed by atoms with Crippen molar-refractivity contribution in [1.29, 1.82) is 0 Å². The molecule has 2 fully saturated rings. The molecule has 0 bridgehead atoms. The van der Waals surface area contributed by atoms with Gasteiger partial charge in [0.2, 0.25) is 0 Å². The van der Waals surface area contributed by atoms with E-state index in [4.69, 9.17) is 0 Å². The van der Waals surface area contributed by atoms with Crippen LogP contribution in [0, 0.1) is 11.8 Å². The van der Waals surface area contributed by atoms with Crippen LogP contribution in [0.3, 0.4) is 0 Å². The topological polar surface area (TPSA) is 16.6 Å². The molecule has 1 nitrogen and oxygen atoms in total. The molecule has 0 aromatic rings. The van der Waals surface area contributed by atoms with Gasteiger partial charge in [0.25, 0.3) is 0 Å². The second kappa shape index (κ2) is 3.44. The van der Waals surface area contributed by atoms with Crippen LogP contribution in [0.15, 0.2) is 0 Å². The van der Waals surface area contributed by atoms with Crippen molar-refractivity contribution in [3.8, 4) is 0 Å². The first-order valence-corrected chi connectivity index (χ1v) is 5.73. The lowest BCUT2D eigenvalue weighted by molar-refractivity contribution is -0.672. The van der Waals surface area contributed by atoms with E-state index in [0.29, 0.717) is 0 Å². The fourth-order valence-corrected chi connectivity index (χ4v) is 3.34. The molecule has 0 unspecified atom stereocenters. The van der Waals surface area contributed by atoms with Crippen LogP contribution in [-0.2, 0) is 0 Å². The Morgan fingerprint density at radius 3 is 2.91 bits per heavy atom. The Morgan fingerprint density at radius 1 is 1.09 bits per heavy atom. The molecule has 1 aliphatic heterocycles. The zero-order chi connectivity index (χ0) is 7.68. The molecule has 64 valence electrons. The molecule has 0 aromatic heterocycles. The molecule has 0 spiro atoms. The molecule has 0 radical (unpaired) electrons. The minimum absolute atomic E-state index is 0.835. The minimum Gasteiger partial charge on any atom is -0.346 e. The summed E-state index contributed by atoms with van der Waals surface area (Å²) in [5.41, 5.74) is 0. The van der Waals surface area contributed by atoms with Crippen molar-refractivity contribution in [2.45, 2.75) is 30.5 Å². The van der Waals surface area contributed by atoms with Crippen molar-refractivity contribution in [1.82, 2.24) is 0 Å². The number of hydrogen-bond donors (Lipinski definition) is 1. The number of quaternary nitrogens is 1. The van der Waals surface area contributed by atoms with Gasteiger partial charge < -0.3 is 5.32 Å². The van der Waals surface area contributed by atoms with Crippen LogP contribution >= 0.6 is 15.9 Å². The van der Waals surface area contributed by atoms with E-state index >= 15 is 0 Å². The smallest absolute Gasteiger partial charge is 0.0786 e. The predicted molar refractivity (Wildman–Crippen MR) is 49.8 cm³/mol. The van der Waals surface area contributed by atoms with E-state index in [1.165, 1.54) is 38.8 Å². The molecule has 11 heavy (non-hydrogen) atoms. The number of fused-ring (bicyclic) bond motifs is 1. The summed E-state index contributed by atoms with van der Waals surface area (Å²) in [5, 5.41) is 2.50. The van der Waals surface area contributed by atoms with Gasteiger partial charge in [-0.3, -0.25) is 0 Å². The van der Waals surface area contributed by atoms with Gasteiger partial charge in [0, 0.05) is 10.7 Å². The lowest BCUT2D eigenvalue weighted by Crippen LogP contribution is -2.88. The van der Waals surface area contributed by atoms with E-state index in [0.717, 1.165) is 16.7 Å². The Balaban J connectivity index is 1.93. The summed E-state index contributed by atoms with van der Waals surface area (Å²) in [6.45, 7) is 2.78. The molecule has 2 N–H and O–H groups in total. The molecule has 1 heterocycles. The van der Waals surface area contributed by atoms with E-state index in [1.54, 1.807) is 0 Å². The average Bonchev–Trinajstić information content (AvgIpc) is 2.04. The van der Waals surface area contributed by atoms with E-state index in [2.05, 4.69) is 21.2 Å². The van der Waals surface area contributed by atoms with Crippen LogP contribution in [0.4, 0.5) is 0 Å². The van der Waals surface area contributed by atoms with Gasteiger partial charge >= 0.3 is 0 Å². The summed E-state index contributed by atoms with van der Waals surface area (Å²) in [4.78, 5) is 0.835. The van der Waals surface area contributed by atoms with Crippen LogP contribution in [0.1, 0.15) is 25.7 Å². The van der Waals surface area contributed by atoms with Crippen LogP contribution in [0.25, 0.3) is 0 Å². The zero-order valence-electron chi connectivity index (χ0n) is 6.93. The van der Waals surface area contributed by atoms with Crippen LogP contribution in [0.5, 0.6) is 0 Å². The van der Waals surface area contributed by atoms with Gasteiger partial charge in [0.15, 0.2) is 0 Å². The molecular formula is C9H17BrN+. The first-order chi connectivity index (χ1) is 5.36.